The summed E-state index contributed by atoms with van der Waals surface area (Å²) >= 11 is 0. The number of benzene rings is 1. The van der Waals surface area contributed by atoms with Crippen molar-refractivity contribution in [1.82, 2.24) is 0 Å². The molecular formula is C17H29ClN2O3S. The molecule has 5 nitrogen and oxygen atoms in total. The highest BCUT2D eigenvalue weighted by Crippen LogP contribution is 2.23. The van der Waals surface area contributed by atoms with E-state index in [1.165, 1.54) is 0 Å². The van der Waals surface area contributed by atoms with Gasteiger partial charge in [0.1, 0.15) is 0 Å². The van der Waals surface area contributed by atoms with E-state index >= 15 is 0 Å². The summed E-state index contributed by atoms with van der Waals surface area (Å²) in [5.41, 5.74) is 6.77. The van der Waals surface area contributed by atoms with Gasteiger partial charge in [-0.25, -0.2) is 8.42 Å². The van der Waals surface area contributed by atoms with Gasteiger partial charge in [-0.05, 0) is 43.9 Å². The van der Waals surface area contributed by atoms with Crippen molar-refractivity contribution < 1.29 is 13.2 Å². The summed E-state index contributed by atoms with van der Waals surface area (Å²) in [4.78, 5) is 12.2. The van der Waals surface area contributed by atoms with Crippen LogP contribution in [0.25, 0.3) is 0 Å². The van der Waals surface area contributed by atoms with Gasteiger partial charge in [0.15, 0.2) is 9.84 Å². The van der Waals surface area contributed by atoms with Gasteiger partial charge in [-0.1, -0.05) is 32.9 Å². The van der Waals surface area contributed by atoms with E-state index in [0.29, 0.717) is 11.3 Å². The number of hydrogen-bond acceptors (Lipinski definition) is 4. The minimum atomic E-state index is -3.27. The van der Waals surface area contributed by atoms with Crippen LogP contribution in [-0.4, -0.2) is 25.1 Å². The summed E-state index contributed by atoms with van der Waals surface area (Å²) in [5, 5.41) is 2.75. The van der Waals surface area contributed by atoms with Crippen molar-refractivity contribution in [2.24, 2.45) is 11.1 Å². The molecule has 0 heterocycles. The van der Waals surface area contributed by atoms with Crippen LogP contribution in [0.4, 0.5) is 5.69 Å². The minimum absolute atomic E-state index is 0. The van der Waals surface area contributed by atoms with Crippen LogP contribution in [0.1, 0.15) is 47.1 Å². The fourth-order valence-corrected chi connectivity index (χ4v) is 2.84. The Morgan fingerprint density at radius 3 is 2.17 bits per heavy atom. The van der Waals surface area contributed by atoms with Gasteiger partial charge in [0.25, 0.3) is 0 Å². The van der Waals surface area contributed by atoms with Gasteiger partial charge in [0, 0.05) is 5.69 Å². The van der Waals surface area contributed by atoms with Crippen molar-refractivity contribution in [2.75, 3.05) is 5.32 Å². The zero-order chi connectivity index (χ0) is 18.1. The van der Waals surface area contributed by atoms with E-state index in [9.17, 15) is 13.2 Å². The maximum absolute atomic E-state index is 12.3. The third-order valence-electron chi connectivity index (χ3n) is 3.70. The zero-order valence-corrected chi connectivity index (χ0v) is 16.8. The van der Waals surface area contributed by atoms with Crippen molar-refractivity contribution in [2.45, 2.75) is 58.1 Å². The average Bonchev–Trinajstić information content (AvgIpc) is 2.35. The van der Waals surface area contributed by atoms with Gasteiger partial charge >= 0.3 is 0 Å². The maximum atomic E-state index is 12.3. The van der Waals surface area contributed by atoms with Crippen LogP contribution in [0.5, 0.6) is 0 Å². The summed E-state index contributed by atoms with van der Waals surface area (Å²) < 4.78 is 23.8. The average molecular weight is 377 g/mol. The second kappa shape index (κ2) is 7.85. The van der Waals surface area contributed by atoms with Gasteiger partial charge in [-0.15, -0.1) is 12.4 Å². The Kier molecular flexibility index (Phi) is 7.48. The monoisotopic (exact) mass is 376 g/mol. The molecule has 1 atom stereocenters. The molecule has 1 aromatic rings. The number of hydrogen-bond donors (Lipinski definition) is 2. The molecule has 0 aliphatic rings. The van der Waals surface area contributed by atoms with Crippen LogP contribution in [0, 0.1) is 5.41 Å². The number of halogens is 1. The van der Waals surface area contributed by atoms with Crippen molar-refractivity contribution in [3.05, 3.63) is 29.8 Å². The van der Waals surface area contributed by atoms with Crippen LogP contribution in [0.2, 0.25) is 0 Å². The second-order valence-electron chi connectivity index (χ2n) is 7.90. The molecule has 138 valence electrons. The van der Waals surface area contributed by atoms with Crippen LogP contribution in [-0.2, 0) is 20.4 Å². The molecule has 1 rings (SSSR count). The van der Waals surface area contributed by atoms with Crippen molar-refractivity contribution in [3.63, 3.8) is 0 Å². The lowest BCUT2D eigenvalue weighted by molar-refractivity contribution is -0.119. The molecule has 0 fully saturated rings. The Bertz CT molecular complexity index is 674. The summed E-state index contributed by atoms with van der Waals surface area (Å²) in [5.74, 6) is -0.348. The Labute approximate surface area is 151 Å². The SMILES string of the molecule is CC(C)(C)[C@H](N)C(=O)Nc1cccc(CS(=O)(=O)C(C)(C)C)c1.Cl. The number of rotatable bonds is 4. The first-order chi connectivity index (χ1) is 10.2. The topological polar surface area (TPSA) is 89.3 Å². The standard InChI is InChI=1S/C17H28N2O3S.ClH/c1-16(2,3)14(18)15(20)19-13-9-7-8-12(10-13)11-23(21,22)17(4,5)6;/h7-10,14H,11,18H2,1-6H3,(H,19,20);1H/t14-;/m1./s1. The molecule has 1 amide bonds. The third kappa shape index (κ3) is 6.07. The Morgan fingerprint density at radius 2 is 1.71 bits per heavy atom. The molecule has 24 heavy (non-hydrogen) atoms. The van der Waals surface area contributed by atoms with Crippen molar-refractivity contribution in [3.8, 4) is 0 Å². The molecule has 0 radical (unpaired) electrons. The smallest absolute Gasteiger partial charge is 0.241 e. The van der Waals surface area contributed by atoms with Crippen LogP contribution in [0.15, 0.2) is 24.3 Å². The number of carbonyl (C=O) groups is 1. The number of anilines is 1. The first kappa shape index (κ1) is 22.9. The molecule has 0 spiro atoms. The lowest BCUT2D eigenvalue weighted by atomic mass is 9.87. The van der Waals surface area contributed by atoms with Gasteiger partial charge < -0.3 is 11.1 Å². The highest BCUT2D eigenvalue weighted by atomic mass is 35.5. The summed E-state index contributed by atoms with van der Waals surface area (Å²) in [6.45, 7) is 10.7. The number of sulfone groups is 1. The quantitative estimate of drug-likeness (QED) is 0.844. The number of nitrogens with two attached hydrogens (primary N) is 1. The van der Waals surface area contributed by atoms with E-state index in [0.717, 1.165) is 0 Å². The second-order valence-corrected chi connectivity index (χ2v) is 10.6. The highest BCUT2D eigenvalue weighted by molar-refractivity contribution is 7.91. The predicted octanol–water partition coefficient (Wildman–Crippen LogP) is 3.13. The van der Waals surface area contributed by atoms with Crippen LogP contribution < -0.4 is 11.1 Å². The maximum Gasteiger partial charge on any atom is 0.241 e. The molecule has 3 N–H and O–H groups in total. The molecule has 0 aromatic heterocycles. The van der Waals surface area contributed by atoms with Crippen molar-refractivity contribution in [1.29, 1.82) is 0 Å². The summed E-state index contributed by atoms with van der Waals surface area (Å²) in [6, 6.07) is 6.22. The van der Waals surface area contributed by atoms with E-state index in [-0.39, 0.29) is 29.5 Å². The number of nitrogens with one attached hydrogen (secondary N) is 1. The van der Waals surface area contributed by atoms with Gasteiger partial charge in [-0.3, -0.25) is 4.79 Å². The first-order valence-electron chi connectivity index (χ1n) is 7.62. The zero-order valence-electron chi connectivity index (χ0n) is 15.2. The Hall–Kier alpha value is -1.11. The molecular weight excluding hydrogens is 348 g/mol. The molecule has 1 aromatic carbocycles. The van der Waals surface area contributed by atoms with E-state index in [1.807, 2.05) is 20.8 Å². The summed E-state index contributed by atoms with van der Waals surface area (Å²) in [7, 11) is -3.27. The van der Waals surface area contributed by atoms with Crippen LogP contribution in [0.3, 0.4) is 0 Å². The molecule has 7 heteroatoms. The van der Waals surface area contributed by atoms with Crippen molar-refractivity contribution >= 4 is 33.8 Å². The van der Waals surface area contributed by atoms with E-state index in [4.69, 9.17) is 5.73 Å². The molecule has 0 saturated heterocycles. The number of carbonyl (C=O) groups excluding carboxylic acids is 1. The largest absolute Gasteiger partial charge is 0.325 e. The highest BCUT2D eigenvalue weighted by Gasteiger charge is 2.29. The lowest BCUT2D eigenvalue weighted by Crippen LogP contribution is -2.45. The van der Waals surface area contributed by atoms with E-state index < -0.39 is 20.6 Å². The first-order valence-corrected chi connectivity index (χ1v) is 9.27. The van der Waals surface area contributed by atoms with E-state index in [1.54, 1.807) is 45.0 Å². The Morgan fingerprint density at radius 1 is 1.17 bits per heavy atom. The van der Waals surface area contributed by atoms with Crippen LogP contribution >= 0.6 is 12.4 Å². The molecule has 0 aliphatic carbocycles. The normalized spacial score (nSPS) is 13.8. The number of amides is 1. The van der Waals surface area contributed by atoms with Gasteiger partial charge in [-0.2, -0.15) is 0 Å². The Balaban J connectivity index is 0.00000529. The molecule has 0 saturated carbocycles. The lowest BCUT2D eigenvalue weighted by Gasteiger charge is -2.26. The fraction of sp³-hybridized carbons (Fsp3) is 0.588. The van der Waals surface area contributed by atoms with E-state index in [2.05, 4.69) is 5.32 Å². The molecule has 0 unspecified atom stereocenters. The van der Waals surface area contributed by atoms with Gasteiger partial charge in [0.2, 0.25) is 5.91 Å². The third-order valence-corrected chi connectivity index (χ3v) is 6.28. The summed E-state index contributed by atoms with van der Waals surface area (Å²) in [6.07, 6.45) is 0. The molecule has 0 aliphatic heterocycles. The predicted molar refractivity (Wildman–Crippen MR) is 102 cm³/mol. The minimum Gasteiger partial charge on any atom is -0.325 e. The molecule has 0 bridgehead atoms. The fourth-order valence-electron chi connectivity index (χ4n) is 1.79. The van der Waals surface area contributed by atoms with Gasteiger partial charge in [0.05, 0.1) is 16.5 Å².